The molecule has 0 aliphatic rings. The van der Waals surface area contributed by atoms with Gasteiger partial charge in [-0.2, -0.15) is 10.5 Å². The van der Waals surface area contributed by atoms with E-state index in [0.717, 1.165) is 123 Å². The van der Waals surface area contributed by atoms with E-state index >= 15 is 0 Å². The molecule has 0 saturated heterocycles. The zero-order valence-corrected chi connectivity index (χ0v) is 83.5. The van der Waals surface area contributed by atoms with E-state index in [0.29, 0.717) is 56.3 Å². The number of benzene rings is 3. The maximum atomic E-state index is 13.8. The van der Waals surface area contributed by atoms with Crippen molar-refractivity contribution in [3.8, 4) is 17.9 Å². The number of hydrogen-bond acceptors (Lipinski definition) is 24. The standard InChI is InChI=1S/C19H25N3OS.C18H23N3OS.C17H27N5S.C16H25N5S.C15H19FO2S.C11H15NO2/c1-19(2,3)24-15-7-8-17-16(11-15)18(23)14(12-20)13-22(17)10-6-9-21(4)5;1-18(2,3)23-14-6-7-16-15(10-14)17(22)13(11-19)12-21(16)9-8-20(4)5;1-12-20-14-10-13(23-17(2,3)4)11-19-15(14)16(18)22(12)9-7-8-21(5)6;1-11-19-13-9-12(22-16(2,3)4)10-18-14(13)15(17)21(11)8-7-20(5)6;1-5-18-14(17)9-7-11-6-8-12(10-13(11)16)19-15(2,3)4;1-8(13)9-5-10(7-12-6-9)14-11(2,3)4/h7-8,11,13H,6,9-10H2,1-5H3;6-7,10,12H,8-9H2,1-5H3;10-11,18H,7-9H2,1-6H3;9-10,17H,7-8H2,1-6H3;6-10H,5H2,1-4H3;5-7H,1-4H3/b;;;;9-7+;. The molecule has 10 rings (SSSR count). The minimum absolute atomic E-state index is 0.00291. The Morgan fingerprint density at radius 1 is 0.512 bits per heavy atom. The molecule has 7 heterocycles. The third-order valence-electron chi connectivity index (χ3n) is 17.2. The number of ketones is 1. The number of esters is 1. The van der Waals surface area contributed by atoms with Gasteiger partial charge in [0.25, 0.3) is 0 Å². The molecule has 2 N–H and O–H groups in total. The summed E-state index contributed by atoms with van der Waals surface area (Å²) in [7, 11) is 16.3. The van der Waals surface area contributed by atoms with E-state index in [1.807, 2.05) is 162 Å². The lowest BCUT2D eigenvalue weighted by atomic mass is 10.1. The number of carbonyl (C=O) groups is 2. The summed E-state index contributed by atoms with van der Waals surface area (Å²) >= 11 is 8.59. The van der Waals surface area contributed by atoms with Crippen molar-refractivity contribution in [3.05, 3.63) is 187 Å². The first-order valence-corrected chi connectivity index (χ1v) is 45.9. The van der Waals surface area contributed by atoms with Gasteiger partial charge in [-0.05, 0) is 204 Å². The average molecular weight is 1800 g/mol. The molecule has 0 bridgehead atoms. The second kappa shape index (κ2) is 47.7. The van der Waals surface area contributed by atoms with Crippen molar-refractivity contribution < 1.29 is 23.5 Å². The minimum Gasteiger partial charge on any atom is -0.487 e. The fraction of sp³-hybridized carbons (Fsp3) is 0.490. The van der Waals surface area contributed by atoms with Gasteiger partial charge in [-0.1, -0.05) is 110 Å². The van der Waals surface area contributed by atoms with Crippen molar-refractivity contribution in [1.29, 1.82) is 21.3 Å². The van der Waals surface area contributed by atoms with Gasteiger partial charge in [0.2, 0.25) is 10.9 Å². The van der Waals surface area contributed by atoms with Crippen molar-refractivity contribution in [1.82, 2.24) is 62.8 Å². The van der Waals surface area contributed by atoms with Crippen LogP contribution in [-0.4, -0.2) is 193 Å². The van der Waals surface area contributed by atoms with Crippen LogP contribution in [0.2, 0.25) is 0 Å². The van der Waals surface area contributed by atoms with Gasteiger partial charge in [0.1, 0.15) is 63.1 Å². The number of likely N-dealkylation sites (N-methyl/N-ethyl adjacent to an activating group) is 2. The van der Waals surface area contributed by atoms with Crippen molar-refractivity contribution in [2.24, 2.45) is 0 Å². The van der Waals surface area contributed by atoms with Crippen LogP contribution in [0.3, 0.4) is 0 Å². The molecule has 0 radical (unpaired) electrons. The second-order valence-electron chi connectivity index (χ2n) is 37.0. The first-order chi connectivity index (χ1) is 58.0. The summed E-state index contributed by atoms with van der Waals surface area (Å²) in [5, 5.41) is 36.7. The summed E-state index contributed by atoms with van der Waals surface area (Å²) in [5.41, 5.74) is 6.40. The van der Waals surface area contributed by atoms with Crippen LogP contribution in [0.25, 0.3) is 49.9 Å². The molecule has 0 amide bonds. The van der Waals surface area contributed by atoms with E-state index in [2.05, 4.69) is 175 Å². The molecule has 0 spiro atoms. The SMILES string of the molecule is CC(=O)c1cncc(OC(C)(C)C)c1.CCOC(=O)/C=C/c1ccc(SC(C)(C)C)cc1F.CN(C)CCCn1cc(C#N)c(=O)c2cc(SC(C)(C)C)ccc21.CN(C)CCn1cc(C#N)c(=O)c2cc(SC(C)(C)C)ccc21.Cc1nc2cc(SC(C)(C)C)cnc2c(=N)n1CCCN(C)C.Cc1nc2cc(SC(C)(C)C)cnc2c(=N)n1CCN(C)C. The Kier molecular flexibility index (Phi) is 40.6. The van der Waals surface area contributed by atoms with Crippen molar-refractivity contribution in [2.45, 2.75) is 245 Å². The summed E-state index contributed by atoms with van der Waals surface area (Å²) in [6, 6.07) is 26.8. The normalized spacial score (nSPS) is 11.9. The van der Waals surface area contributed by atoms with Crippen LogP contribution in [-0.2, 0) is 35.7 Å². The number of thioether (sulfide) groups is 5. The second-order valence-corrected chi connectivity index (χ2v) is 46.6. The average Bonchev–Trinajstić information content (AvgIpc) is 0.806. The number of nitrogens with one attached hydrogen (secondary N) is 2. The van der Waals surface area contributed by atoms with E-state index in [9.17, 15) is 34.1 Å². The van der Waals surface area contributed by atoms with E-state index < -0.39 is 5.97 Å². The largest absolute Gasteiger partial charge is 0.487 e. The predicted octanol–water partition coefficient (Wildman–Crippen LogP) is 19.5. The molecule has 0 unspecified atom stereocenters. The summed E-state index contributed by atoms with van der Waals surface area (Å²) in [6.07, 6.45) is 14.8. The number of fused-ring (bicyclic) bond motifs is 4. The molecule has 0 fully saturated rings. The van der Waals surface area contributed by atoms with Crippen LogP contribution in [0.5, 0.6) is 5.75 Å². The highest BCUT2D eigenvalue weighted by Crippen LogP contribution is 2.38. The monoisotopic (exact) mass is 1800 g/mol. The quantitative estimate of drug-likeness (QED) is 0.0246. The Labute approximate surface area is 762 Å². The van der Waals surface area contributed by atoms with Gasteiger partial charge in [-0.3, -0.25) is 30.2 Å². The number of rotatable bonds is 24. The van der Waals surface area contributed by atoms with Gasteiger partial charge >= 0.3 is 5.97 Å². The molecular weight excluding hydrogens is 1670 g/mol. The Hall–Kier alpha value is -9.01. The molecule has 125 heavy (non-hydrogen) atoms. The number of carbonyl (C=O) groups excluding carboxylic acids is 2. The number of pyridine rings is 5. The molecule has 0 aliphatic heterocycles. The van der Waals surface area contributed by atoms with Gasteiger partial charge in [0, 0.05) is 146 Å². The summed E-state index contributed by atoms with van der Waals surface area (Å²) in [5.74, 6) is 1.56. The number of nitriles is 2. The lowest BCUT2D eigenvalue weighted by Crippen LogP contribution is -2.29. The Morgan fingerprint density at radius 3 is 1.30 bits per heavy atom. The van der Waals surface area contributed by atoms with Crippen LogP contribution in [0.1, 0.15) is 190 Å². The number of ether oxygens (including phenoxy) is 2. The van der Waals surface area contributed by atoms with Crippen LogP contribution in [0.4, 0.5) is 4.39 Å². The summed E-state index contributed by atoms with van der Waals surface area (Å²) in [4.78, 5) is 83.2. The highest BCUT2D eigenvalue weighted by Gasteiger charge is 2.22. The molecule has 10 aromatic rings. The molecule has 0 saturated carbocycles. The highest BCUT2D eigenvalue weighted by atomic mass is 32.2. The number of nitrogens with zero attached hydrogens (tertiary/aromatic N) is 15. The molecule has 23 nitrogen and oxygen atoms in total. The fourth-order valence-electron chi connectivity index (χ4n) is 12.1. The predicted molar refractivity (Wildman–Crippen MR) is 520 cm³/mol. The zero-order chi connectivity index (χ0) is 94.0. The van der Waals surface area contributed by atoms with E-state index in [1.165, 1.54) is 31.3 Å². The molecular formula is C96H134FN17O6S5. The van der Waals surface area contributed by atoms with Crippen molar-refractivity contribution >= 4 is 121 Å². The Balaban J connectivity index is 0.000000268. The van der Waals surface area contributed by atoms with Crippen LogP contribution in [0, 0.1) is 53.1 Å². The van der Waals surface area contributed by atoms with E-state index in [-0.39, 0.29) is 62.9 Å². The molecule has 7 aromatic heterocycles. The van der Waals surface area contributed by atoms with E-state index in [4.69, 9.17) is 20.3 Å². The highest BCUT2D eigenvalue weighted by molar-refractivity contribution is 8.01. The zero-order valence-electron chi connectivity index (χ0n) is 79.4. The summed E-state index contributed by atoms with van der Waals surface area (Å²) in [6.45, 7) is 52.3. The fourth-order valence-corrected chi connectivity index (χ4v) is 17.1. The first-order valence-electron chi connectivity index (χ1n) is 41.8. The van der Waals surface area contributed by atoms with Crippen molar-refractivity contribution in [2.75, 3.05) is 89.2 Å². The van der Waals surface area contributed by atoms with Crippen LogP contribution in [0.15, 0.2) is 150 Å². The number of Topliss-reactive ketones (excluding diaryl/α,β-unsaturated/α-hetero) is 1. The Morgan fingerprint density at radius 2 is 0.904 bits per heavy atom. The third kappa shape index (κ3) is 37.5. The van der Waals surface area contributed by atoms with E-state index in [1.54, 1.807) is 96.5 Å². The molecule has 29 heteroatoms. The number of hydrogen-bond donors (Lipinski definition) is 2. The van der Waals surface area contributed by atoms with Gasteiger partial charge in [0.05, 0.1) is 34.9 Å². The molecule has 0 aliphatic carbocycles. The topological polar surface area (TPSA) is 279 Å². The summed E-state index contributed by atoms with van der Waals surface area (Å²) < 4.78 is 32.5. The van der Waals surface area contributed by atoms with Gasteiger partial charge in [0.15, 0.2) is 16.8 Å². The lowest BCUT2D eigenvalue weighted by molar-refractivity contribution is -0.137. The van der Waals surface area contributed by atoms with Gasteiger partial charge < -0.3 is 47.3 Å². The minimum atomic E-state index is -0.463. The molecule has 676 valence electrons. The molecule has 3 aromatic carbocycles. The van der Waals surface area contributed by atoms with Crippen LogP contribution >= 0.6 is 58.8 Å². The smallest absolute Gasteiger partial charge is 0.330 e. The van der Waals surface area contributed by atoms with Gasteiger partial charge in [-0.25, -0.2) is 29.1 Å². The number of aromatic nitrogens is 9. The van der Waals surface area contributed by atoms with Crippen molar-refractivity contribution in [3.63, 3.8) is 0 Å². The first kappa shape index (κ1) is 107. The lowest BCUT2D eigenvalue weighted by Gasteiger charge is -2.20. The Bertz CT molecular complexity index is 5710. The molecule has 0 atom stereocenters. The maximum absolute atomic E-state index is 13.8. The number of halogens is 1. The van der Waals surface area contributed by atoms with Crippen LogP contribution < -0.4 is 26.6 Å². The third-order valence-corrected chi connectivity index (χ3v) is 22.7. The van der Waals surface area contributed by atoms with Gasteiger partial charge in [-0.15, -0.1) is 58.8 Å². The maximum Gasteiger partial charge on any atom is 0.330 e. The number of aryl methyl sites for hydroxylation is 3.